The highest BCUT2D eigenvalue weighted by atomic mass is 79.9. The summed E-state index contributed by atoms with van der Waals surface area (Å²) in [6.07, 6.45) is 1.49. The van der Waals surface area contributed by atoms with Gasteiger partial charge in [-0.15, -0.1) is 0 Å². The van der Waals surface area contributed by atoms with Crippen molar-refractivity contribution in [3.05, 3.63) is 86.1 Å². The second-order valence-electron chi connectivity index (χ2n) is 8.12. The van der Waals surface area contributed by atoms with E-state index in [2.05, 4.69) is 26.0 Å². The summed E-state index contributed by atoms with van der Waals surface area (Å²) in [6, 6.07) is 17.3. The molecule has 0 aliphatic heterocycles. The summed E-state index contributed by atoms with van der Waals surface area (Å²) < 4.78 is 18.9. The Kier molecular flexibility index (Phi) is 7.17. The van der Waals surface area contributed by atoms with Gasteiger partial charge < -0.3 is 19.6 Å². The Hall–Kier alpha value is -4.15. The smallest absolute Gasteiger partial charge is 0.282 e. The van der Waals surface area contributed by atoms with Gasteiger partial charge in [-0.1, -0.05) is 23.7 Å². The van der Waals surface area contributed by atoms with Crippen molar-refractivity contribution in [2.24, 2.45) is 10.8 Å². The van der Waals surface area contributed by atoms with E-state index in [0.717, 1.165) is 5.39 Å². The van der Waals surface area contributed by atoms with Crippen LogP contribution in [0.4, 0.5) is 0 Å². The van der Waals surface area contributed by atoms with Gasteiger partial charge in [-0.2, -0.15) is 9.78 Å². The molecular weight excluding hydrogens is 576 g/mol. The van der Waals surface area contributed by atoms with Crippen molar-refractivity contribution in [3.63, 3.8) is 0 Å². The molecule has 9 nitrogen and oxygen atoms in total. The lowest BCUT2D eigenvalue weighted by atomic mass is 10.2. The zero-order valence-electron chi connectivity index (χ0n) is 20.0. The van der Waals surface area contributed by atoms with Crippen LogP contribution in [0.2, 0.25) is 5.02 Å². The Morgan fingerprint density at radius 2 is 1.95 bits per heavy atom. The van der Waals surface area contributed by atoms with Crippen molar-refractivity contribution >= 4 is 61.5 Å². The number of carbonyl (C=O) groups excluding carboxylic acids is 1. The Morgan fingerprint density at radius 3 is 2.74 bits per heavy atom. The Bertz CT molecular complexity index is 1780. The highest BCUT2D eigenvalue weighted by Crippen LogP contribution is 2.34. The lowest BCUT2D eigenvalue weighted by Gasteiger charge is -2.13. The molecule has 3 aromatic carbocycles. The molecule has 0 aliphatic rings. The average Bonchev–Trinajstić information content (AvgIpc) is 3.31. The van der Waals surface area contributed by atoms with Gasteiger partial charge >= 0.3 is 0 Å². The maximum atomic E-state index is 13.5. The molecule has 0 aliphatic carbocycles. The molecule has 11 heteroatoms. The Morgan fingerprint density at radius 1 is 1.16 bits per heavy atom. The van der Waals surface area contributed by atoms with Crippen LogP contribution in [0.1, 0.15) is 12.5 Å². The maximum absolute atomic E-state index is 13.5. The fraction of sp³-hybridized carbons (Fsp3) is 0.111. The van der Waals surface area contributed by atoms with Crippen molar-refractivity contribution in [2.45, 2.75) is 6.92 Å². The molecule has 0 fully saturated rings. The zero-order chi connectivity index (χ0) is 26.8. The van der Waals surface area contributed by atoms with Gasteiger partial charge in [-0.25, -0.2) is 4.98 Å². The number of benzene rings is 3. The molecule has 0 unspecified atom stereocenters. The SMILES string of the molecule is CCOc1cc(C=Nn2c(-c3cc4cc(Cl)ccc4o3)nc3ccccc3c2=O)c(Br)cc1OCC(N)=O. The number of ether oxygens (including phenoxy) is 2. The van der Waals surface area contributed by atoms with E-state index in [1.165, 1.54) is 10.9 Å². The third-order valence-corrected chi connectivity index (χ3v) is 6.42. The molecule has 0 atom stereocenters. The van der Waals surface area contributed by atoms with Crippen LogP contribution >= 0.6 is 27.5 Å². The van der Waals surface area contributed by atoms with Crippen LogP contribution in [0.5, 0.6) is 11.5 Å². The van der Waals surface area contributed by atoms with Crippen LogP contribution in [-0.4, -0.2) is 35.0 Å². The molecule has 0 spiro atoms. The van der Waals surface area contributed by atoms with Gasteiger partial charge in [0.25, 0.3) is 11.5 Å². The third kappa shape index (κ3) is 5.13. The molecule has 2 heterocycles. The van der Waals surface area contributed by atoms with E-state index in [1.807, 2.05) is 6.92 Å². The summed E-state index contributed by atoms with van der Waals surface area (Å²) in [5.74, 6) is 0.682. The number of aromatic nitrogens is 2. The molecule has 5 aromatic rings. The molecule has 0 radical (unpaired) electrons. The van der Waals surface area contributed by atoms with Crippen molar-refractivity contribution in [1.82, 2.24) is 9.66 Å². The highest BCUT2D eigenvalue weighted by Gasteiger charge is 2.17. The van der Waals surface area contributed by atoms with Crippen LogP contribution in [-0.2, 0) is 4.79 Å². The number of amides is 1. The number of fused-ring (bicyclic) bond motifs is 2. The first-order valence-electron chi connectivity index (χ1n) is 11.5. The molecule has 2 N–H and O–H groups in total. The Labute approximate surface area is 229 Å². The van der Waals surface area contributed by atoms with Crippen LogP contribution < -0.4 is 20.8 Å². The van der Waals surface area contributed by atoms with Gasteiger partial charge in [-0.3, -0.25) is 9.59 Å². The molecule has 38 heavy (non-hydrogen) atoms. The number of furan rings is 1. The van der Waals surface area contributed by atoms with Crippen molar-refractivity contribution in [1.29, 1.82) is 0 Å². The number of hydrogen-bond donors (Lipinski definition) is 1. The largest absolute Gasteiger partial charge is 0.490 e. The predicted molar refractivity (Wildman–Crippen MR) is 149 cm³/mol. The molecule has 5 rings (SSSR count). The number of hydrogen-bond acceptors (Lipinski definition) is 7. The Balaban J connectivity index is 1.64. The van der Waals surface area contributed by atoms with Gasteiger partial charge in [0.15, 0.2) is 23.9 Å². The normalized spacial score (nSPS) is 11.4. The number of carbonyl (C=O) groups is 1. The highest BCUT2D eigenvalue weighted by molar-refractivity contribution is 9.10. The second kappa shape index (κ2) is 10.7. The number of para-hydroxylation sites is 1. The molecule has 2 aromatic heterocycles. The minimum absolute atomic E-state index is 0.222. The van der Waals surface area contributed by atoms with Crippen molar-refractivity contribution in [3.8, 4) is 23.1 Å². The van der Waals surface area contributed by atoms with Crippen LogP contribution in [0.15, 0.2) is 79.4 Å². The molecule has 0 saturated carbocycles. The predicted octanol–water partition coefficient (Wildman–Crippen LogP) is 5.37. The van der Waals surface area contributed by atoms with E-state index in [0.29, 0.717) is 55.4 Å². The molecular formula is C27H20BrClN4O5. The van der Waals surface area contributed by atoms with E-state index in [-0.39, 0.29) is 18.0 Å². The molecule has 0 saturated heterocycles. The zero-order valence-corrected chi connectivity index (χ0v) is 22.3. The van der Waals surface area contributed by atoms with E-state index in [9.17, 15) is 9.59 Å². The number of halogens is 2. The summed E-state index contributed by atoms with van der Waals surface area (Å²) in [5, 5.41) is 6.21. The minimum Gasteiger partial charge on any atom is -0.490 e. The summed E-state index contributed by atoms with van der Waals surface area (Å²) in [4.78, 5) is 29.4. The fourth-order valence-corrected chi connectivity index (χ4v) is 4.42. The topological polar surface area (TPSA) is 122 Å². The molecule has 1 amide bonds. The number of primary amides is 1. The fourth-order valence-electron chi connectivity index (χ4n) is 3.81. The number of nitrogens with zero attached hydrogens (tertiary/aromatic N) is 3. The summed E-state index contributed by atoms with van der Waals surface area (Å²) in [6.45, 7) is 1.88. The minimum atomic E-state index is -0.613. The standard InChI is InChI=1S/C27H20BrClN4O5/c1-2-36-22-11-16(19(28)12-23(22)37-14-25(30)34)13-31-33-26(32-20-6-4-3-5-18(20)27(33)35)24-10-15-9-17(29)7-8-21(15)38-24/h3-13H,2,14H2,1H3,(H2,30,34). The first kappa shape index (κ1) is 25.5. The first-order valence-corrected chi connectivity index (χ1v) is 12.6. The lowest BCUT2D eigenvalue weighted by molar-refractivity contribution is -0.119. The van der Waals surface area contributed by atoms with E-state index in [1.54, 1.807) is 60.7 Å². The van der Waals surface area contributed by atoms with E-state index < -0.39 is 5.91 Å². The summed E-state index contributed by atoms with van der Waals surface area (Å²) in [5.41, 5.74) is 6.52. The van der Waals surface area contributed by atoms with Crippen molar-refractivity contribution < 1.29 is 18.7 Å². The third-order valence-electron chi connectivity index (χ3n) is 5.50. The number of rotatable bonds is 8. The first-order chi connectivity index (χ1) is 18.3. The average molecular weight is 596 g/mol. The maximum Gasteiger partial charge on any atom is 0.282 e. The molecule has 0 bridgehead atoms. The second-order valence-corrected chi connectivity index (χ2v) is 9.41. The van der Waals surface area contributed by atoms with Crippen LogP contribution in [0.3, 0.4) is 0 Å². The van der Waals surface area contributed by atoms with Gasteiger partial charge in [0.2, 0.25) is 5.82 Å². The lowest BCUT2D eigenvalue weighted by Crippen LogP contribution is -2.20. The quantitative estimate of drug-likeness (QED) is 0.241. The molecule has 192 valence electrons. The van der Waals surface area contributed by atoms with Crippen LogP contribution in [0, 0.1) is 0 Å². The number of nitrogens with two attached hydrogens (primary N) is 1. The van der Waals surface area contributed by atoms with Gasteiger partial charge in [0.1, 0.15) is 5.58 Å². The monoisotopic (exact) mass is 594 g/mol. The van der Waals surface area contributed by atoms with Crippen molar-refractivity contribution in [2.75, 3.05) is 13.2 Å². The van der Waals surface area contributed by atoms with Gasteiger partial charge in [-0.05, 0) is 71.4 Å². The van der Waals surface area contributed by atoms with Gasteiger partial charge in [0.05, 0.1) is 23.7 Å². The van der Waals surface area contributed by atoms with Gasteiger partial charge in [0, 0.05) is 20.4 Å². The summed E-state index contributed by atoms with van der Waals surface area (Å²) in [7, 11) is 0. The summed E-state index contributed by atoms with van der Waals surface area (Å²) >= 11 is 9.63. The van der Waals surface area contributed by atoms with E-state index in [4.69, 9.17) is 31.2 Å². The van der Waals surface area contributed by atoms with E-state index >= 15 is 0 Å². The van der Waals surface area contributed by atoms with Crippen LogP contribution in [0.25, 0.3) is 33.5 Å².